The van der Waals surface area contributed by atoms with Gasteiger partial charge in [0.25, 0.3) is 0 Å². The highest BCUT2D eigenvalue weighted by Crippen LogP contribution is 2.39. The van der Waals surface area contributed by atoms with Crippen molar-refractivity contribution in [2.45, 2.75) is 24.5 Å². The molecule has 1 saturated carbocycles. The first-order valence-electron chi connectivity index (χ1n) is 5.20. The Morgan fingerprint density at radius 2 is 2.07 bits per heavy atom. The Morgan fingerprint density at radius 3 is 2.57 bits per heavy atom. The summed E-state index contributed by atoms with van der Waals surface area (Å²) in [6.45, 7) is 3.98. The van der Waals surface area contributed by atoms with Gasteiger partial charge in [-0.1, -0.05) is 0 Å². The average molecular weight is 195 g/mol. The van der Waals surface area contributed by atoms with Crippen molar-refractivity contribution >= 4 is 0 Å². The zero-order valence-electron chi connectivity index (χ0n) is 8.62. The summed E-state index contributed by atoms with van der Waals surface area (Å²) >= 11 is 0. The van der Waals surface area contributed by atoms with Crippen molar-refractivity contribution in [3.05, 3.63) is 0 Å². The zero-order chi connectivity index (χ0) is 10.0. The molecule has 2 aliphatic rings. The number of methoxy groups -OCH3 is 1. The van der Waals surface area contributed by atoms with E-state index < -0.39 is 0 Å². The van der Waals surface area contributed by atoms with Crippen LogP contribution >= 0.6 is 0 Å². The van der Waals surface area contributed by atoms with Crippen LogP contribution < -0.4 is 5.32 Å². The van der Waals surface area contributed by atoms with Crippen LogP contribution in [-0.4, -0.2) is 49.8 Å². The van der Waals surface area contributed by atoms with Crippen molar-refractivity contribution in [1.82, 2.24) is 10.2 Å². The quantitative estimate of drug-likeness (QED) is 0.672. The molecule has 2 rings (SSSR count). The Kier molecular flexibility index (Phi) is 2.73. The first-order valence-corrected chi connectivity index (χ1v) is 5.20. The van der Waals surface area contributed by atoms with E-state index in [2.05, 4.69) is 16.3 Å². The molecular formula is C10H17N3O. The summed E-state index contributed by atoms with van der Waals surface area (Å²) in [5, 5.41) is 12.5. The predicted octanol–water partition coefficient (Wildman–Crippen LogP) is -0.0372. The first-order chi connectivity index (χ1) is 6.80. The van der Waals surface area contributed by atoms with Gasteiger partial charge in [0.05, 0.1) is 12.2 Å². The largest absolute Gasteiger partial charge is 0.381 e. The molecule has 1 heterocycles. The van der Waals surface area contributed by atoms with Gasteiger partial charge in [-0.05, 0) is 0 Å². The van der Waals surface area contributed by atoms with Gasteiger partial charge < -0.3 is 10.1 Å². The maximum atomic E-state index is 9.23. The summed E-state index contributed by atoms with van der Waals surface area (Å²) in [5.41, 5.74) is -0.219. The Bertz CT molecular complexity index is 236. The lowest BCUT2D eigenvalue weighted by atomic mass is 9.73. The number of nitrogens with one attached hydrogen (secondary N) is 1. The third-order valence-electron chi connectivity index (χ3n) is 3.39. The van der Waals surface area contributed by atoms with Gasteiger partial charge in [0, 0.05) is 46.1 Å². The van der Waals surface area contributed by atoms with Gasteiger partial charge in [-0.2, -0.15) is 5.26 Å². The number of piperazine rings is 1. The molecule has 0 radical (unpaired) electrons. The summed E-state index contributed by atoms with van der Waals surface area (Å²) < 4.78 is 5.24. The lowest BCUT2D eigenvalue weighted by Gasteiger charge is -2.50. The van der Waals surface area contributed by atoms with Crippen molar-refractivity contribution in [2.75, 3.05) is 33.3 Å². The fourth-order valence-electron chi connectivity index (χ4n) is 2.37. The molecule has 1 N–H and O–H groups in total. The zero-order valence-corrected chi connectivity index (χ0v) is 8.62. The SMILES string of the molecule is COC1CC(C#N)(N2CCNCC2)C1. The normalized spacial score (nSPS) is 38.7. The van der Waals surface area contributed by atoms with Crippen LogP contribution in [0.15, 0.2) is 0 Å². The highest BCUT2D eigenvalue weighted by atomic mass is 16.5. The van der Waals surface area contributed by atoms with Crippen LogP contribution in [0, 0.1) is 11.3 Å². The molecule has 14 heavy (non-hydrogen) atoms. The van der Waals surface area contributed by atoms with Gasteiger partial charge in [-0.3, -0.25) is 4.90 Å². The van der Waals surface area contributed by atoms with E-state index >= 15 is 0 Å². The molecule has 0 atom stereocenters. The summed E-state index contributed by atoms with van der Waals surface area (Å²) in [6.07, 6.45) is 2.05. The first kappa shape index (κ1) is 9.91. The van der Waals surface area contributed by atoms with Gasteiger partial charge >= 0.3 is 0 Å². The maximum Gasteiger partial charge on any atom is 0.114 e. The molecule has 1 saturated heterocycles. The third kappa shape index (κ3) is 1.52. The Morgan fingerprint density at radius 1 is 1.43 bits per heavy atom. The molecule has 0 amide bonds. The smallest absolute Gasteiger partial charge is 0.114 e. The molecule has 0 aromatic heterocycles. The molecule has 78 valence electrons. The summed E-state index contributed by atoms with van der Waals surface area (Å²) in [4.78, 5) is 2.30. The van der Waals surface area contributed by atoms with E-state index in [9.17, 15) is 5.26 Å². The van der Waals surface area contributed by atoms with Crippen LogP contribution in [-0.2, 0) is 4.74 Å². The van der Waals surface area contributed by atoms with Gasteiger partial charge in [0.2, 0.25) is 0 Å². The van der Waals surface area contributed by atoms with Crippen molar-refractivity contribution in [2.24, 2.45) is 0 Å². The number of ether oxygens (including phenoxy) is 1. The molecule has 4 nitrogen and oxygen atoms in total. The van der Waals surface area contributed by atoms with E-state index in [-0.39, 0.29) is 5.54 Å². The molecule has 1 aliphatic carbocycles. The Hall–Kier alpha value is -0.630. The number of hydrogen-bond donors (Lipinski definition) is 1. The number of rotatable bonds is 2. The fraction of sp³-hybridized carbons (Fsp3) is 0.900. The van der Waals surface area contributed by atoms with E-state index in [0.717, 1.165) is 39.0 Å². The molecule has 0 bridgehead atoms. The lowest BCUT2D eigenvalue weighted by Crippen LogP contribution is -2.63. The highest BCUT2D eigenvalue weighted by molar-refractivity contribution is 5.17. The van der Waals surface area contributed by atoms with Crippen LogP contribution in [0.4, 0.5) is 0 Å². The monoisotopic (exact) mass is 195 g/mol. The maximum absolute atomic E-state index is 9.23. The second-order valence-corrected chi connectivity index (χ2v) is 4.15. The second kappa shape index (κ2) is 3.85. The molecule has 1 aliphatic heterocycles. The van der Waals surface area contributed by atoms with Crippen molar-refractivity contribution < 1.29 is 4.74 Å². The third-order valence-corrected chi connectivity index (χ3v) is 3.39. The summed E-state index contributed by atoms with van der Waals surface area (Å²) in [7, 11) is 1.73. The van der Waals surface area contributed by atoms with Crippen LogP contribution in [0.5, 0.6) is 0 Å². The lowest BCUT2D eigenvalue weighted by molar-refractivity contribution is -0.0658. The summed E-state index contributed by atoms with van der Waals surface area (Å²) in [5.74, 6) is 0. The van der Waals surface area contributed by atoms with E-state index in [1.54, 1.807) is 7.11 Å². The fourth-order valence-corrected chi connectivity index (χ4v) is 2.37. The second-order valence-electron chi connectivity index (χ2n) is 4.15. The van der Waals surface area contributed by atoms with E-state index in [1.165, 1.54) is 0 Å². The number of hydrogen-bond acceptors (Lipinski definition) is 4. The Labute approximate surface area is 84.8 Å². The van der Waals surface area contributed by atoms with Crippen LogP contribution in [0.3, 0.4) is 0 Å². The number of nitrogens with zero attached hydrogens (tertiary/aromatic N) is 2. The minimum Gasteiger partial charge on any atom is -0.381 e. The molecule has 0 aromatic carbocycles. The summed E-state index contributed by atoms with van der Waals surface area (Å²) in [6, 6.07) is 2.47. The van der Waals surface area contributed by atoms with Gasteiger partial charge in [-0.25, -0.2) is 0 Å². The van der Waals surface area contributed by atoms with Crippen molar-refractivity contribution in [1.29, 1.82) is 5.26 Å². The van der Waals surface area contributed by atoms with Crippen LogP contribution in [0.25, 0.3) is 0 Å². The highest BCUT2D eigenvalue weighted by Gasteiger charge is 2.49. The standard InChI is InChI=1S/C10H17N3O/c1-14-9-6-10(7-9,8-11)13-4-2-12-3-5-13/h9,12H,2-7H2,1H3. The number of nitriles is 1. The van der Waals surface area contributed by atoms with Crippen molar-refractivity contribution in [3.8, 4) is 6.07 Å². The van der Waals surface area contributed by atoms with Gasteiger partial charge in [0.15, 0.2) is 0 Å². The molecular weight excluding hydrogens is 178 g/mol. The minimum absolute atomic E-state index is 0.219. The van der Waals surface area contributed by atoms with Gasteiger partial charge in [0.1, 0.15) is 5.54 Å². The van der Waals surface area contributed by atoms with E-state index in [1.807, 2.05) is 0 Å². The molecule has 0 unspecified atom stereocenters. The molecule has 0 aromatic rings. The van der Waals surface area contributed by atoms with Crippen LogP contribution in [0.2, 0.25) is 0 Å². The average Bonchev–Trinajstić information content (AvgIpc) is 2.19. The molecule has 4 heteroatoms. The van der Waals surface area contributed by atoms with Crippen LogP contribution in [0.1, 0.15) is 12.8 Å². The molecule has 2 fully saturated rings. The predicted molar refractivity (Wildman–Crippen MR) is 52.8 cm³/mol. The minimum atomic E-state index is -0.219. The Balaban J connectivity index is 1.97. The topological polar surface area (TPSA) is 48.3 Å². The van der Waals surface area contributed by atoms with Crippen molar-refractivity contribution in [3.63, 3.8) is 0 Å². The molecule has 0 spiro atoms. The van der Waals surface area contributed by atoms with E-state index in [4.69, 9.17) is 4.74 Å². The van der Waals surface area contributed by atoms with Gasteiger partial charge in [-0.15, -0.1) is 0 Å². The van der Waals surface area contributed by atoms with E-state index in [0.29, 0.717) is 6.10 Å².